The zero-order valence-electron chi connectivity index (χ0n) is 18.3. The van der Waals surface area contributed by atoms with E-state index in [1.54, 1.807) is 30.2 Å². The minimum atomic E-state index is -0.278. The highest BCUT2D eigenvalue weighted by Gasteiger charge is 2.33. The van der Waals surface area contributed by atoms with E-state index in [9.17, 15) is 14.4 Å². The molecule has 166 valence electrons. The van der Waals surface area contributed by atoms with Gasteiger partial charge in [0.1, 0.15) is 7.85 Å². The van der Waals surface area contributed by atoms with Crippen LogP contribution in [0.15, 0.2) is 30.3 Å². The molecule has 3 heterocycles. The number of ether oxygens (including phenoxy) is 1. The van der Waals surface area contributed by atoms with Crippen LogP contribution in [-0.2, 0) is 9.53 Å². The second-order valence-electron chi connectivity index (χ2n) is 8.33. The Labute approximate surface area is 193 Å². The third-order valence-electron chi connectivity index (χ3n) is 6.06. The smallest absolute Gasteiger partial charge is 0.261 e. The number of carbonyl (C=O) groups excluding carboxylic acids is 3. The molecule has 2 aliphatic heterocycles. The van der Waals surface area contributed by atoms with Gasteiger partial charge in [0.25, 0.3) is 11.8 Å². The van der Waals surface area contributed by atoms with Gasteiger partial charge in [0.05, 0.1) is 23.6 Å². The Bertz CT molecular complexity index is 1040. The van der Waals surface area contributed by atoms with Gasteiger partial charge >= 0.3 is 0 Å². The molecule has 2 atom stereocenters. The van der Waals surface area contributed by atoms with Crippen molar-refractivity contribution in [3.8, 4) is 0 Å². The number of anilines is 1. The average Bonchev–Trinajstić information content (AvgIpc) is 3.48. The van der Waals surface area contributed by atoms with Crippen molar-refractivity contribution in [1.82, 2.24) is 10.2 Å². The van der Waals surface area contributed by atoms with Crippen LogP contribution in [0.25, 0.3) is 0 Å². The van der Waals surface area contributed by atoms with E-state index in [1.807, 2.05) is 24.0 Å². The number of likely N-dealkylation sites (tertiary alicyclic amines) is 1. The Hall–Kier alpha value is -2.65. The zero-order chi connectivity index (χ0) is 22.8. The number of hydrogen-bond acceptors (Lipinski definition) is 5. The summed E-state index contributed by atoms with van der Waals surface area (Å²) >= 11 is 1.22. The Kier molecular flexibility index (Phi) is 6.67. The van der Waals surface area contributed by atoms with Crippen LogP contribution in [-0.4, -0.2) is 69.4 Å². The molecule has 4 rings (SSSR count). The number of aryl methyl sites for hydroxylation is 1. The molecule has 2 radical (unpaired) electrons. The van der Waals surface area contributed by atoms with Crippen LogP contribution in [0, 0.1) is 6.92 Å². The maximum Gasteiger partial charge on any atom is 0.261 e. The Morgan fingerprint density at radius 1 is 1.28 bits per heavy atom. The SMILES string of the molecule is [B]c1ccc(C(=O)NC2CC(=O)N(c3ccc(C(=O)N4CCC[C@@H]4COC)c(C)c3)C2)s1. The van der Waals surface area contributed by atoms with Gasteiger partial charge in [0.2, 0.25) is 5.91 Å². The molecule has 2 saturated heterocycles. The quantitative estimate of drug-likeness (QED) is 0.678. The normalized spacial score (nSPS) is 20.8. The lowest BCUT2D eigenvalue weighted by Gasteiger charge is -2.25. The van der Waals surface area contributed by atoms with Gasteiger partial charge in [-0.15, -0.1) is 11.3 Å². The zero-order valence-corrected chi connectivity index (χ0v) is 19.1. The van der Waals surface area contributed by atoms with E-state index in [-0.39, 0.29) is 36.2 Å². The van der Waals surface area contributed by atoms with Crippen molar-refractivity contribution >= 4 is 47.4 Å². The molecule has 1 unspecified atom stereocenters. The minimum Gasteiger partial charge on any atom is -0.383 e. The predicted octanol–water partition coefficient (Wildman–Crippen LogP) is 1.64. The van der Waals surface area contributed by atoms with Crippen molar-refractivity contribution in [2.24, 2.45) is 0 Å². The number of carbonyl (C=O) groups is 3. The number of rotatable bonds is 6. The van der Waals surface area contributed by atoms with Crippen molar-refractivity contribution in [3.05, 3.63) is 46.3 Å². The summed E-state index contributed by atoms with van der Waals surface area (Å²) in [5.41, 5.74) is 2.20. The fraction of sp³-hybridized carbons (Fsp3) is 0.435. The second kappa shape index (κ2) is 9.46. The molecular weight excluding hydrogens is 425 g/mol. The van der Waals surface area contributed by atoms with Crippen molar-refractivity contribution in [3.63, 3.8) is 0 Å². The van der Waals surface area contributed by atoms with Gasteiger partial charge < -0.3 is 19.9 Å². The predicted molar refractivity (Wildman–Crippen MR) is 125 cm³/mol. The molecule has 1 N–H and O–H groups in total. The van der Waals surface area contributed by atoms with E-state index >= 15 is 0 Å². The summed E-state index contributed by atoms with van der Waals surface area (Å²) in [7, 11) is 7.35. The largest absolute Gasteiger partial charge is 0.383 e. The third kappa shape index (κ3) is 4.59. The molecule has 7 nitrogen and oxygen atoms in total. The van der Waals surface area contributed by atoms with Crippen molar-refractivity contribution in [2.75, 3.05) is 31.7 Å². The molecule has 1 aromatic carbocycles. The number of amides is 3. The Morgan fingerprint density at radius 2 is 2.09 bits per heavy atom. The van der Waals surface area contributed by atoms with Gasteiger partial charge in [0, 0.05) is 37.9 Å². The Morgan fingerprint density at radius 3 is 2.78 bits per heavy atom. The number of thiophene rings is 1. The van der Waals surface area contributed by atoms with Gasteiger partial charge in [-0.3, -0.25) is 14.4 Å². The van der Waals surface area contributed by atoms with E-state index in [2.05, 4.69) is 5.32 Å². The topological polar surface area (TPSA) is 79.0 Å². The van der Waals surface area contributed by atoms with Crippen molar-refractivity contribution < 1.29 is 19.1 Å². The Balaban J connectivity index is 1.44. The fourth-order valence-corrected chi connectivity index (χ4v) is 5.14. The van der Waals surface area contributed by atoms with Crippen LogP contribution in [0.2, 0.25) is 0 Å². The molecule has 2 aromatic rings. The molecule has 3 amide bonds. The molecule has 32 heavy (non-hydrogen) atoms. The molecule has 0 saturated carbocycles. The first-order valence-electron chi connectivity index (χ1n) is 10.7. The van der Waals surface area contributed by atoms with Crippen molar-refractivity contribution in [1.29, 1.82) is 0 Å². The standard InChI is InChI=1S/C23H26BN3O4S/c1-14-10-16(5-6-18(14)23(30)26-9-3-4-17(26)13-31-2)27-12-15(11-21(27)28)25-22(29)19-7-8-20(24)32-19/h5-8,10,15,17H,3-4,9,11-13H2,1-2H3,(H,25,29)/t15?,17-/m1/s1. The summed E-state index contributed by atoms with van der Waals surface area (Å²) in [6.45, 7) is 3.55. The van der Waals surface area contributed by atoms with Gasteiger partial charge in [-0.05, 0) is 54.4 Å². The second-order valence-corrected chi connectivity index (χ2v) is 9.45. The molecule has 0 spiro atoms. The van der Waals surface area contributed by atoms with E-state index in [4.69, 9.17) is 12.6 Å². The fourth-order valence-electron chi connectivity index (χ4n) is 4.46. The molecule has 0 bridgehead atoms. The molecule has 2 aliphatic rings. The van der Waals surface area contributed by atoms with Gasteiger partial charge in [-0.1, -0.05) is 6.07 Å². The first-order chi connectivity index (χ1) is 15.4. The highest BCUT2D eigenvalue weighted by molar-refractivity contribution is 7.21. The van der Waals surface area contributed by atoms with E-state index in [1.165, 1.54) is 11.3 Å². The number of nitrogens with one attached hydrogen (secondary N) is 1. The highest BCUT2D eigenvalue weighted by Crippen LogP contribution is 2.27. The van der Waals surface area contributed by atoms with Crippen LogP contribution >= 0.6 is 11.3 Å². The lowest BCUT2D eigenvalue weighted by atomic mass is 10.1. The van der Waals surface area contributed by atoms with Crippen LogP contribution in [0.5, 0.6) is 0 Å². The summed E-state index contributed by atoms with van der Waals surface area (Å²) in [6.07, 6.45) is 2.16. The molecule has 2 fully saturated rings. The lowest BCUT2D eigenvalue weighted by molar-refractivity contribution is -0.117. The number of hydrogen-bond donors (Lipinski definition) is 1. The average molecular weight is 451 g/mol. The number of methoxy groups -OCH3 is 1. The summed E-state index contributed by atoms with van der Waals surface area (Å²) in [5, 5.41) is 2.92. The summed E-state index contributed by atoms with van der Waals surface area (Å²) in [5.74, 6) is -0.277. The molecule has 9 heteroatoms. The first-order valence-corrected chi connectivity index (χ1v) is 11.6. The van der Waals surface area contributed by atoms with E-state index in [0.717, 1.165) is 30.6 Å². The van der Waals surface area contributed by atoms with Crippen LogP contribution < -0.4 is 15.0 Å². The third-order valence-corrected chi connectivity index (χ3v) is 6.97. The first kappa shape index (κ1) is 22.5. The summed E-state index contributed by atoms with van der Waals surface area (Å²) in [4.78, 5) is 42.2. The summed E-state index contributed by atoms with van der Waals surface area (Å²) in [6, 6.07) is 8.68. The number of benzene rings is 1. The minimum absolute atomic E-state index is 0.00158. The molecular formula is C23H26BN3O4S. The monoisotopic (exact) mass is 451 g/mol. The summed E-state index contributed by atoms with van der Waals surface area (Å²) < 4.78 is 5.84. The molecule has 0 aliphatic carbocycles. The molecule has 1 aromatic heterocycles. The van der Waals surface area contributed by atoms with E-state index in [0.29, 0.717) is 28.4 Å². The van der Waals surface area contributed by atoms with Crippen molar-refractivity contribution in [2.45, 2.75) is 38.3 Å². The van der Waals surface area contributed by atoms with Gasteiger partial charge in [0.15, 0.2) is 0 Å². The maximum absolute atomic E-state index is 13.1. The lowest BCUT2D eigenvalue weighted by Crippen LogP contribution is -2.38. The van der Waals surface area contributed by atoms with Gasteiger partial charge in [-0.25, -0.2) is 0 Å². The van der Waals surface area contributed by atoms with E-state index < -0.39 is 0 Å². The van der Waals surface area contributed by atoms with Crippen LogP contribution in [0.4, 0.5) is 5.69 Å². The van der Waals surface area contributed by atoms with Gasteiger partial charge in [-0.2, -0.15) is 0 Å². The van der Waals surface area contributed by atoms with Crippen LogP contribution in [0.3, 0.4) is 0 Å². The van der Waals surface area contributed by atoms with Crippen LogP contribution in [0.1, 0.15) is 44.9 Å². The highest BCUT2D eigenvalue weighted by atomic mass is 32.1. The maximum atomic E-state index is 13.1. The number of nitrogens with zero attached hydrogens (tertiary/aromatic N) is 2.